The van der Waals surface area contributed by atoms with Gasteiger partial charge < -0.3 is 5.11 Å². The van der Waals surface area contributed by atoms with Crippen molar-refractivity contribution in [1.29, 1.82) is 0 Å². The molecular weight excluding hydrogens is 259 g/mol. The first-order valence-corrected chi connectivity index (χ1v) is 6.50. The molecule has 0 aliphatic rings. The fourth-order valence-corrected chi connectivity index (χ4v) is 2.07. The number of hydrogen-bond donors (Lipinski definition) is 1. The van der Waals surface area contributed by atoms with Crippen LogP contribution in [-0.2, 0) is 11.2 Å². The molecule has 0 saturated heterocycles. The van der Waals surface area contributed by atoms with Gasteiger partial charge >= 0.3 is 5.97 Å². The summed E-state index contributed by atoms with van der Waals surface area (Å²) in [6, 6.07) is 7.95. The Morgan fingerprint density at radius 1 is 1.35 bits per heavy atom. The van der Waals surface area contributed by atoms with Gasteiger partial charge in [-0.15, -0.1) is 0 Å². The number of carboxylic acids is 1. The highest BCUT2D eigenvalue weighted by Crippen LogP contribution is 2.23. The van der Waals surface area contributed by atoms with Gasteiger partial charge in [0, 0.05) is 24.2 Å². The zero-order valence-electron chi connectivity index (χ0n) is 11.5. The summed E-state index contributed by atoms with van der Waals surface area (Å²) in [5.41, 5.74) is 0.841. The molecule has 1 N–H and O–H groups in total. The van der Waals surface area contributed by atoms with Crippen LogP contribution in [0.4, 0.5) is 4.39 Å². The van der Waals surface area contributed by atoms with Crippen LogP contribution in [0.5, 0.6) is 0 Å². The minimum atomic E-state index is -1.05. The van der Waals surface area contributed by atoms with Gasteiger partial charge in [-0.1, -0.05) is 18.2 Å². The van der Waals surface area contributed by atoms with E-state index in [0.29, 0.717) is 5.69 Å². The largest absolute Gasteiger partial charge is 0.481 e. The van der Waals surface area contributed by atoms with Gasteiger partial charge in [0.05, 0.1) is 11.6 Å². The van der Waals surface area contributed by atoms with E-state index < -0.39 is 17.7 Å². The van der Waals surface area contributed by atoms with E-state index >= 15 is 0 Å². The maximum absolute atomic E-state index is 13.7. The smallest absolute Gasteiger partial charge is 0.311 e. The van der Waals surface area contributed by atoms with Gasteiger partial charge in [-0.3, -0.25) is 9.48 Å². The Hall–Kier alpha value is -2.17. The Balaban J connectivity index is 2.26. The Kier molecular flexibility index (Phi) is 4.17. The molecule has 0 fully saturated rings. The first kappa shape index (κ1) is 14.2. The van der Waals surface area contributed by atoms with Crippen LogP contribution >= 0.6 is 0 Å². The SMILES string of the molecule is CC(C)n1ccc(CC(C(=O)O)c2ccccc2F)n1. The average Bonchev–Trinajstić information content (AvgIpc) is 2.85. The standard InChI is InChI=1S/C15H17FN2O2/c1-10(2)18-8-7-11(17-18)9-13(15(19)20)12-5-3-4-6-14(12)16/h3-8,10,13H,9H2,1-2H3,(H,19,20). The molecule has 2 rings (SSSR count). The van der Waals surface area contributed by atoms with E-state index in [4.69, 9.17) is 0 Å². The van der Waals surface area contributed by atoms with Crippen molar-refractivity contribution in [3.05, 3.63) is 53.6 Å². The predicted octanol–water partition coefficient (Wildman–Crippen LogP) is 3.01. The number of aliphatic carboxylic acids is 1. The van der Waals surface area contributed by atoms with E-state index in [0.717, 1.165) is 0 Å². The molecule has 0 saturated carbocycles. The molecule has 1 aromatic carbocycles. The lowest BCUT2D eigenvalue weighted by Gasteiger charge is -2.12. The van der Waals surface area contributed by atoms with E-state index in [9.17, 15) is 14.3 Å². The third-order valence-electron chi connectivity index (χ3n) is 3.18. The minimum absolute atomic E-state index is 0.177. The molecule has 2 aromatic rings. The molecule has 0 amide bonds. The molecule has 0 bridgehead atoms. The van der Waals surface area contributed by atoms with E-state index in [1.807, 2.05) is 13.8 Å². The first-order valence-electron chi connectivity index (χ1n) is 6.50. The van der Waals surface area contributed by atoms with Crippen LogP contribution in [-0.4, -0.2) is 20.9 Å². The van der Waals surface area contributed by atoms with E-state index in [1.165, 1.54) is 12.1 Å². The third kappa shape index (κ3) is 3.04. The maximum Gasteiger partial charge on any atom is 0.311 e. The average molecular weight is 276 g/mol. The summed E-state index contributed by atoms with van der Waals surface area (Å²) < 4.78 is 15.5. The summed E-state index contributed by atoms with van der Waals surface area (Å²) in [5, 5.41) is 13.6. The molecule has 1 heterocycles. The van der Waals surface area contributed by atoms with Crippen LogP contribution in [0.15, 0.2) is 36.5 Å². The molecule has 0 aliphatic heterocycles. The molecule has 1 unspecified atom stereocenters. The predicted molar refractivity (Wildman–Crippen MR) is 73.1 cm³/mol. The number of nitrogens with zero attached hydrogens (tertiary/aromatic N) is 2. The first-order chi connectivity index (χ1) is 9.49. The van der Waals surface area contributed by atoms with Crippen molar-refractivity contribution < 1.29 is 14.3 Å². The Morgan fingerprint density at radius 2 is 2.05 bits per heavy atom. The van der Waals surface area contributed by atoms with Crippen LogP contribution in [0.25, 0.3) is 0 Å². The van der Waals surface area contributed by atoms with Crippen molar-refractivity contribution in [2.75, 3.05) is 0 Å². The van der Waals surface area contributed by atoms with Gasteiger partial charge in [-0.25, -0.2) is 4.39 Å². The van der Waals surface area contributed by atoms with Gasteiger partial charge in [0.1, 0.15) is 5.82 Å². The quantitative estimate of drug-likeness (QED) is 0.913. The molecule has 4 nitrogen and oxygen atoms in total. The highest BCUT2D eigenvalue weighted by molar-refractivity contribution is 5.76. The lowest BCUT2D eigenvalue weighted by Crippen LogP contribution is -2.16. The van der Waals surface area contributed by atoms with Crippen molar-refractivity contribution in [3.8, 4) is 0 Å². The summed E-state index contributed by atoms with van der Waals surface area (Å²) in [5.74, 6) is -2.47. The van der Waals surface area contributed by atoms with E-state index in [-0.39, 0.29) is 18.0 Å². The van der Waals surface area contributed by atoms with E-state index in [1.54, 1.807) is 29.1 Å². The monoisotopic (exact) mass is 276 g/mol. The number of carbonyl (C=O) groups is 1. The highest BCUT2D eigenvalue weighted by Gasteiger charge is 2.24. The van der Waals surface area contributed by atoms with Crippen LogP contribution in [0.1, 0.15) is 37.1 Å². The van der Waals surface area contributed by atoms with E-state index in [2.05, 4.69) is 5.10 Å². The van der Waals surface area contributed by atoms with Crippen LogP contribution in [0.3, 0.4) is 0 Å². The van der Waals surface area contributed by atoms with Crippen LogP contribution < -0.4 is 0 Å². The number of benzene rings is 1. The fourth-order valence-electron chi connectivity index (χ4n) is 2.07. The molecule has 0 spiro atoms. The summed E-state index contributed by atoms with van der Waals surface area (Å²) in [6.45, 7) is 3.98. The molecule has 1 aromatic heterocycles. The highest BCUT2D eigenvalue weighted by atomic mass is 19.1. The molecular formula is C15H17FN2O2. The lowest BCUT2D eigenvalue weighted by atomic mass is 9.94. The number of halogens is 1. The summed E-state index contributed by atoms with van der Waals surface area (Å²) >= 11 is 0. The van der Waals surface area contributed by atoms with Gasteiger partial charge in [-0.05, 0) is 26.0 Å². The Morgan fingerprint density at radius 3 is 2.60 bits per heavy atom. The number of carboxylic acid groups (broad SMARTS) is 1. The Bertz CT molecular complexity index is 607. The maximum atomic E-state index is 13.7. The number of rotatable bonds is 5. The molecule has 1 atom stereocenters. The molecule has 20 heavy (non-hydrogen) atoms. The fraction of sp³-hybridized carbons (Fsp3) is 0.333. The van der Waals surface area contributed by atoms with Crippen molar-refractivity contribution >= 4 is 5.97 Å². The second-order valence-electron chi connectivity index (χ2n) is 5.00. The van der Waals surface area contributed by atoms with Gasteiger partial charge in [-0.2, -0.15) is 5.10 Å². The van der Waals surface area contributed by atoms with Crippen molar-refractivity contribution in [1.82, 2.24) is 9.78 Å². The minimum Gasteiger partial charge on any atom is -0.481 e. The van der Waals surface area contributed by atoms with Gasteiger partial charge in [0.15, 0.2) is 0 Å². The number of aromatic nitrogens is 2. The van der Waals surface area contributed by atoms with Crippen LogP contribution in [0.2, 0.25) is 0 Å². The summed E-state index contributed by atoms with van der Waals surface area (Å²) in [6.07, 6.45) is 1.98. The molecule has 0 radical (unpaired) electrons. The van der Waals surface area contributed by atoms with Crippen molar-refractivity contribution in [2.45, 2.75) is 32.2 Å². The molecule has 5 heteroatoms. The zero-order chi connectivity index (χ0) is 14.7. The summed E-state index contributed by atoms with van der Waals surface area (Å²) in [4.78, 5) is 11.4. The van der Waals surface area contributed by atoms with Crippen LogP contribution in [0, 0.1) is 5.82 Å². The lowest BCUT2D eigenvalue weighted by molar-refractivity contribution is -0.138. The van der Waals surface area contributed by atoms with Crippen molar-refractivity contribution in [3.63, 3.8) is 0 Å². The zero-order valence-corrected chi connectivity index (χ0v) is 11.5. The molecule has 106 valence electrons. The number of hydrogen-bond acceptors (Lipinski definition) is 2. The Labute approximate surface area is 116 Å². The van der Waals surface area contributed by atoms with Gasteiger partial charge in [0.25, 0.3) is 0 Å². The second-order valence-corrected chi connectivity index (χ2v) is 5.00. The van der Waals surface area contributed by atoms with Crippen molar-refractivity contribution in [2.24, 2.45) is 0 Å². The van der Waals surface area contributed by atoms with Gasteiger partial charge in [0.2, 0.25) is 0 Å². The third-order valence-corrected chi connectivity index (χ3v) is 3.18. The topological polar surface area (TPSA) is 55.1 Å². The second kappa shape index (κ2) is 5.86. The summed E-state index contributed by atoms with van der Waals surface area (Å²) in [7, 11) is 0. The normalized spacial score (nSPS) is 12.6. The molecule has 0 aliphatic carbocycles.